The van der Waals surface area contributed by atoms with E-state index in [2.05, 4.69) is 0 Å². The van der Waals surface area contributed by atoms with Crippen LogP contribution in [-0.2, 0) is 58.9 Å². The molecule has 5 rings (SSSR count). The normalized spacial score (nSPS) is 17.3. The molecule has 0 saturated carbocycles. The summed E-state index contributed by atoms with van der Waals surface area (Å²) in [6, 6.07) is 13.4. The minimum absolute atomic E-state index is 0.0448. The molecule has 0 radical (unpaired) electrons. The molecule has 2 aliphatic rings. The highest BCUT2D eigenvalue weighted by molar-refractivity contribution is 7.86. The first-order valence-electron chi connectivity index (χ1n) is 17.9. The van der Waals surface area contributed by atoms with Crippen molar-refractivity contribution in [1.82, 2.24) is 0 Å². The van der Waals surface area contributed by atoms with Crippen LogP contribution in [0.5, 0.6) is 0 Å². The molecule has 0 spiro atoms. The Hall–Kier alpha value is -4.23. The molecule has 18 heteroatoms. The van der Waals surface area contributed by atoms with Crippen LogP contribution in [0.2, 0.25) is 5.02 Å². The van der Waals surface area contributed by atoms with Crippen LogP contribution in [-0.4, -0.2) is 73.7 Å². The standard InChI is InChI=1S/C39H44ClN3O11S3/c1-38(2)32-23-29(40)25-42(18-6-20-55(46,47)48)37(32)41-34(38)15-11-27(28-9-5-8-26(22-28)10-17-36(44)45)12-16-35-39(3,4)31-24-30(57(52,53)54)13-14-33(31)43(35)19-7-21-56(49,50)51/h5,8-9,11-16,22-25H,6-7,10,17-21H2,1-4H3,(H3-,44,45,46,47,48,49,50,51,52,53,54)/p+1. The smallest absolute Gasteiger partial charge is 0.327 e. The summed E-state index contributed by atoms with van der Waals surface area (Å²) in [4.78, 5) is 17.9. The first-order valence-corrected chi connectivity index (χ1v) is 22.9. The molecule has 0 bridgehead atoms. The molecular weight excluding hydrogens is 818 g/mol. The number of carboxylic acids is 1. The SMILES string of the molecule is CC1(C)C(/C=C/C(=C/C=C2/N(CCCS(=O)(=O)O)c3ccc(S(=O)(=O)O)cc3C2(C)C)c2cccc(CCC(=O)O)c2)=Nc2c1cc(Cl)c[n+]2CCCS(=O)(=O)O. The number of carboxylic acid groups (broad SMARTS) is 1. The fraction of sp³-hybridized carbons (Fsp3) is 0.359. The summed E-state index contributed by atoms with van der Waals surface area (Å²) >= 11 is 6.50. The highest BCUT2D eigenvalue weighted by Gasteiger charge is 2.43. The predicted octanol–water partition coefficient (Wildman–Crippen LogP) is 6.13. The number of hydrogen-bond donors (Lipinski definition) is 4. The van der Waals surface area contributed by atoms with Crippen LogP contribution < -0.4 is 9.47 Å². The number of aromatic nitrogens is 1. The Morgan fingerprint density at radius 3 is 2.23 bits per heavy atom. The quantitative estimate of drug-likeness (QED) is 0.0726. The average Bonchev–Trinajstić information content (AvgIpc) is 3.46. The molecule has 0 fully saturated rings. The van der Waals surface area contributed by atoms with Crippen molar-refractivity contribution in [3.63, 3.8) is 0 Å². The van der Waals surface area contributed by atoms with E-state index in [0.29, 0.717) is 39.1 Å². The number of pyridine rings is 1. The Labute approximate surface area is 338 Å². The lowest BCUT2D eigenvalue weighted by Gasteiger charge is -2.27. The zero-order valence-corrected chi connectivity index (χ0v) is 35.0. The number of allylic oxidation sites excluding steroid dienone is 6. The van der Waals surface area contributed by atoms with E-state index < -0.39 is 58.7 Å². The van der Waals surface area contributed by atoms with Crippen molar-refractivity contribution in [2.75, 3.05) is 23.0 Å². The predicted molar refractivity (Wildman–Crippen MR) is 218 cm³/mol. The second-order valence-corrected chi connectivity index (χ2v) is 20.0. The highest BCUT2D eigenvalue weighted by atomic mass is 35.5. The second-order valence-electron chi connectivity index (χ2n) is 15.0. The van der Waals surface area contributed by atoms with Crippen molar-refractivity contribution < 1.29 is 53.4 Å². The van der Waals surface area contributed by atoms with Gasteiger partial charge >= 0.3 is 11.8 Å². The molecule has 306 valence electrons. The molecule has 0 amide bonds. The van der Waals surface area contributed by atoms with Crippen molar-refractivity contribution in [2.45, 2.75) is 75.6 Å². The van der Waals surface area contributed by atoms with Crippen molar-refractivity contribution in [2.24, 2.45) is 4.99 Å². The Morgan fingerprint density at radius 2 is 1.58 bits per heavy atom. The largest absolute Gasteiger partial charge is 0.481 e. The van der Waals surface area contributed by atoms with Crippen molar-refractivity contribution in [3.05, 3.63) is 112 Å². The number of anilines is 1. The van der Waals surface area contributed by atoms with Crippen molar-refractivity contribution in [3.8, 4) is 0 Å². The van der Waals surface area contributed by atoms with Gasteiger partial charge in [0.15, 0.2) is 5.71 Å². The van der Waals surface area contributed by atoms with E-state index >= 15 is 0 Å². The van der Waals surface area contributed by atoms with Crippen molar-refractivity contribution >= 4 is 70.7 Å². The topological polar surface area (TPSA) is 220 Å². The minimum Gasteiger partial charge on any atom is -0.481 e. The molecule has 1 aromatic heterocycles. The van der Waals surface area contributed by atoms with Crippen LogP contribution in [0.15, 0.2) is 94.6 Å². The lowest BCUT2D eigenvalue weighted by molar-refractivity contribution is -0.684. The monoisotopic (exact) mass is 862 g/mol. The van der Waals surface area contributed by atoms with Gasteiger partial charge in [-0.1, -0.05) is 61.9 Å². The van der Waals surface area contributed by atoms with Gasteiger partial charge in [0, 0.05) is 36.2 Å². The van der Waals surface area contributed by atoms with Crippen LogP contribution in [0.1, 0.15) is 69.2 Å². The van der Waals surface area contributed by atoms with Gasteiger partial charge in [-0.05, 0) is 90.4 Å². The van der Waals surface area contributed by atoms with E-state index in [1.165, 1.54) is 12.1 Å². The number of fused-ring (bicyclic) bond motifs is 2. The number of carbonyl (C=O) groups is 1. The molecule has 0 aliphatic carbocycles. The van der Waals surface area contributed by atoms with Gasteiger partial charge in [-0.15, -0.1) is 0 Å². The number of benzene rings is 2. The van der Waals surface area contributed by atoms with E-state index in [1.807, 2.05) is 81.2 Å². The number of aryl methyl sites for hydroxylation is 2. The Morgan fingerprint density at radius 1 is 0.895 bits per heavy atom. The molecule has 14 nitrogen and oxygen atoms in total. The minimum atomic E-state index is -4.55. The third-order valence-electron chi connectivity index (χ3n) is 10.1. The maximum absolute atomic E-state index is 12.1. The molecule has 2 aliphatic heterocycles. The zero-order chi connectivity index (χ0) is 42.1. The second kappa shape index (κ2) is 16.6. The summed E-state index contributed by atoms with van der Waals surface area (Å²) in [5.41, 5.74) is 3.98. The summed E-state index contributed by atoms with van der Waals surface area (Å²) in [7, 11) is -13.0. The van der Waals surface area contributed by atoms with Crippen LogP contribution in [0.4, 0.5) is 11.5 Å². The summed E-state index contributed by atoms with van der Waals surface area (Å²) in [5, 5.41) is 9.75. The Bertz CT molecular complexity index is 2560. The number of rotatable bonds is 16. The Kier molecular flexibility index (Phi) is 12.7. The lowest BCUT2D eigenvalue weighted by Crippen LogP contribution is -2.36. The van der Waals surface area contributed by atoms with Gasteiger partial charge in [0.25, 0.3) is 30.4 Å². The molecule has 57 heavy (non-hydrogen) atoms. The van der Waals surface area contributed by atoms with Gasteiger partial charge in [-0.2, -0.15) is 25.3 Å². The fourth-order valence-corrected chi connectivity index (χ4v) is 8.84. The first-order chi connectivity index (χ1) is 26.4. The Balaban J connectivity index is 1.63. The molecule has 0 saturated heterocycles. The number of aliphatic carboxylic acids is 1. The number of halogens is 1. The third-order valence-corrected chi connectivity index (χ3v) is 12.8. The molecule has 3 heterocycles. The van der Waals surface area contributed by atoms with E-state index in [0.717, 1.165) is 16.7 Å². The van der Waals surface area contributed by atoms with Crippen LogP contribution in [0.25, 0.3) is 5.57 Å². The molecule has 4 N–H and O–H groups in total. The van der Waals surface area contributed by atoms with E-state index in [1.54, 1.807) is 22.9 Å². The highest BCUT2D eigenvalue weighted by Crippen LogP contribution is 2.49. The zero-order valence-electron chi connectivity index (χ0n) is 31.8. The number of hydrogen-bond acceptors (Lipinski definition) is 9. The average molecular weight is 863 g/mol. The van der Waals surface area contributed by atoms with Gasteiger partial charge in [0.2, 0.25) is 0 Å². The summed E-state index contributed by atoms with van der Waals surface area (Å²) in [6.07, 6.45) is 9.42. The maximum atomic E-state index is 12.1. The van der Waals surface area contributed by atoms with Gasteiger partial charge in [0.05, 0.1) is 38.9 Å². The van der Waals surface area contributed by atoms with Gasteiger partial charge in [-0.3, -0.25) is 18.5 Å². The number of nitrogens with zero attached hydrogens (tertiary/aromatic N) is 3. The van der Waals surface area contributed by atoms with E-state index in [9.17, 15) is 48.8 Å². The summed E-state index contributed by atoms with van der Waals surface area (Å²) < 4.78 is 101. The maximum Gasteiger partial charge on any atom is 0.327 e. The first kappa shape index (κ1) is 43.9. The lowest BCUT2D eigenvalue weighted by atomic mass is 9.81. The van der Waals surface area contributed by atoms with Gasteiger partial charge in [0.1, 0.15) is 6.20 Å². The van der Waals surface area contributed by atoms with Crippen LogP contribution in [0, 0.1) is 0 Å². The molecule has 2 aromatic carbocycles. The van der Waals surface area contributed by atoms with Gasteiger partial charge in [-0.25, -0.2) is 4.57 Å². The summed E-state index contributed by atoms with van der Waals surface area (Å²) in [6.45, 7) is 8.06. The summed E-state index contributed by atoms with van der Waals surface area (Å²) in [5.74, 6) is -1.29. The molecule has 0 atom stereocenters. The van der Waals surface area contributed by atoms with E-state index in [4.69, 9.17) is 16.6 Å². The van der Waals surface area contributed by atoms with Gasteiger partial charge < -0.3 is 10.0 Å². The molecule has 3 aromatic rings. The number of aliphatic imine (C=N–C) groups is 1. The van der Waals surface area contributed by atoms with Crippen LogP contribution >= 0.6 is 11.6 Å². The molecule has 0 unspecified atom stereocenters. The van der Waals surface area contributed by atoms with Crippen molar-refractivity contribution in [1.29, 1.82) is 0 Å². The fourth-order valence-electron chi connectivity index (χ4n) is 7.12. The molecular formula is C39H45ClN3O11S3+. The van der Waals surface area contributed by atoms with E-state index in [-0.39, 0.29) is 43.7 Å². The third kappa shape index (κ3) is 10.6. The van der Waals surface area contributed by atoms with Crippen LogP contribution in [0.3, 0.4) is 0 Å².